The van der Waals surface area contributed by atoms with E-state index in [2.05, 4.69) is 5.32 Å². The maximum atomic E-state index is 13.1. The van der Waals surface area contributed by atoms with Gasteiger partial charge in [-0.25, -0.2) is 9.18 Å². The molecule has 0 heterocycles. The number of carboxylic acid groups (broad SMARTS) is 1. The molecule has 0 bridgehead atoms. The summed E-state index contributed by atoms with van der Waals surface area (Å²) in [5.41, 5.74) is -0.349. The van der Waals surface area contributed by atoms with Crippen molar-refractivity contribution in [3.8, 4) is 0 Å². The number of thioether (sulfide) groups is 1. The molecule has 18 heavy (non-hydrogen) atoms. The maximum absolute atomic E-state index is 13.1. The van der Waals surface area contributed by atoms with Crippen molar-refractivity contribution >= 4 is 23.6 Å². The molecule has 6 heteroatoms. The number of hydrogen-bond donors (Lipinski definition) is 2. The molecule has 4 nitrogen and oxygen atoms in total. The second-order valence-electron chi connectivity index (χ2n) is 3.50. The third-order valence-electron chi connectivity index (χ3n) is 2.14. The lowest BCUT2D eigenvalue weighted by atomic mass is 10.2. The zero-order chi connectivity index (χ0) is 13.5. The summed E-state index contributed by atoms with van der Waals surface area (Å²) in [7, 11) is 0. The number of carbonyl (C=O) groups excluding carboxylic acids is 1. The van der Waals surface area contributed by atoms with Crippen molar-refractivity contribution in [3.63, 3.8) is 0 Å². The molecule has 1 rings (SSSR count). The van der Waals surface area contributed by atoms with E-state index in [-0.39, 0.29) is 11.5 Å². The third kappa shape index (κ3) is 4.37. The number of carboxylic acids is 1. The van der Waals surface area contributed by atoms with E-state index in [4.69, 9.17) is 5.11 Å². The molecule has 0 saturated heterocycles. The van der Waals surface area contributed by atoms with Gasteiger partial charge in [0.05, 0.1) is 5.56 Å². The molecule has 0 aliphatic rings. The van der Waals surface area contributed by atoms with E-state index < -0.39 is 11.8 Å². The number of rotatable bonds is 6. The average Bonchev–Trinajstić information content (AvgIpc) is 2.31. The molecule has 0 saturated carbocycles. The largest absolute Gasteiger partial charge is 0.478 e. The Morgan fingerprint density at radius 3 is 2.78 bits per heavy atom. The van der Waals surface area contributed by atoms with E-state index in [1.807, 2.05) is 6.92 Å². The number of aromatic carboxylic acids is 1. The summed E-state index contributed by atoms with van der Waals surface area (Å²) in [6.45, 7) is 2.42. The molecule has 1 amide bonds. The van der Waals surface area contributed by atoms with Crippen LogP contribution in [-0.2, 0) is 4.79 Å². The van der Waals surface area contributed by atoms with Crippen LogP contribution in [0.5, 0.6) is 0 Å². The van der Waals surface area contributed by atoms with E-state index in [1.54, 1.807) is 0 Å². The van der Waals surface area contributed by atoms with Crippen LogP contribution in [0.15, 0.2) is 23.1 Å². The predicted octanol–water partition coefficient (Wildman–Crippen LogP) is 2.14. The standard InChI is InChI=1S/C12H14FNO3S/c1-2-14-11(15)5-6-18-8-3-4-10(13)9(7-8)12(16)17/h3-4,7H,2,5-6H2,1H3,(H,14,15)(H,16,17). The summed E-state index contributed by atoms with van der Waals surface area (Å²) in [5.74, 6) is -1.57. The van der Waals surface area contributed by atoms with Crippen LogP contribution < -0.4 is 5.32 Å². The molecule has 0 fully saturated rings. The molecule has 0 radical (unpaired) electrons. The first-order valence-corrected chi connectivity index (χ1v) is 6.45. The lowest BCUT2D eigenvalue weighted by Gasteiger charge is -2.04. The molecule has 0 spiro atoms. The molecule has 0 unspecified atom stereocenters. The Morgan fingerprint density at radius 1 is 1.44 bits per heavy atom. The molecule has 0 aromatic heterocycles. The Bertz CT molecular complexity index is 451. The number of halogens is 1. The molecule has 0 atom stereocenters. The van der Waals surface area contributed by atoms with Gasteiger partial charge < -0.3 is 10.4 Å². The fraction of sp³-hybridized carbons (Fsp3) is 0.333. The lowest BCUT2D eigenvalue weighted by molar-refractivity contribution is -0.120. The van der Waals surface area contributed by atoms with Gasteiger partial charge >= 0.3 is 5.97 Å². The first-order chi connectivity index (χ1) is 8.54. The highest BCUT2D eigenvalue weighted by Crippen LogP contribution is 2.21. The van der Waals surface area contributed by atoms with Crippen molar-refractivity contribution in [2.75, 3.05) is 12.3 Å². The number of nitrogens with one attached hydrogen (secondary N) is 1. The molecule has 0 aliphatic heterocycles. The summed E-state index contributed by atoms with van der Waals surface area (Å²) >= 11 is 1.32. The van der Waals surface area contributed by atoms with Crippen molar-refractivity contribution in [2.45, 2.75) is 18.2 Å². The number of hydrogen-bond acceptors (Lipinski definition) is 3. The molecule has 1 aromatic rings. The van der Waals surface area contributed by atoms with Crippen molar-refractivity contribution in [1.29, 1.82) is 0 Å². The van der Waals surface area contributed by atoms with E-state index in [1.165, 1.54) is 23.9 Å². The van der Waals surface area contributed by atoms with Gasteiger partial charge in [-0.1, -0.05) is 0 Å². The normalized spacial score (nSPS) is 10.1. The van der Waals surface area contributed by atoms with Gasteiger partial charge in [0.15, 0.2) is 0 Å². The van der Waals surface area contributed by atoms with Crippen LogP contribution in [0.2, 0.25) is 0 Å². The number of amides is 1. The summed E-state index contributed by atoms with van der Waals surface area (Å²) in [5, 5.41) is 11.4. The topological polar surface area (TPSA) is 66.4 Å². The Hall–Kier alpha value is -1.56. The molecular formula is C12H14FNO3S. The fourth-order valence-electron chi connectivity index (χ4n) is 1.31. The Labute approximate surface area is 109 Å². The first-order valence-electron chi connectivity index (χ1n) is 5.47. The van der Waals surface area contributed by atoms with Gasteiger partial charge in [-0.3, -0.25) is 4.79 Å². The monoisotopic (exact) mass is 271 g/mol. The second-order valence-corrected chi connectivity index (χ2v) is 4.67. The summed E-state index contributed by atoms with van der Waals surface area (Å²) < 4.78 is 13.1. The zero-order valence-corrected chi connectivity index (χ0v) is 10.7. The fourth-order valence-corrected chi connectivity index (χ4v) is 2.19. The molecule has 2 N–H and O–H groups in total. The van der Waals surface area contributed by atoms with Crippen LogP contribution in [0, 0.1) is 5.82 Å². The second kappa shape index (κ2) is 7.00. The molecule has 98 valence electrons. The molecule has 1 aromatic carbocycles. The van der Waals surface area contributed by atoms with Crippen LogP contribution in [0.25, 0.3) is 0 Å². The van der Waals surface area contributed by atoms with Gasteiger partial charge in [-0.15, -0.1) is 11.8 Å². The maximum Gasteiger partial charge on any atom is 0.338 e. The van der Waals surface area contributed by atoms with Crippen molar-refractivity contribution in [1.82, 2.24) is 5.32 Å². The van der Waals surface area contributed by atoms with E-state index in [0.717, 1.165) is 6.07 Å². The highest BCUT2D eigenvalue weighted by molar-refractivity contribution is 7.99. The van der Waals surface area contributed by atoms with E-state index in [9.17, 15) is 14.0 Å². The van der Waals surface area contributed by atoms with Crippen LogP contribution in [0.1, 0.15) is 23.7 Å². The highest BCUT2D eigenvalue weighted by Gasteiger charge is 2.11. The summed E-state index contributed by atoms with van der Waals surface area (Å²) in [4.78, 5) is 22.5. The van der Waals surface area contributed by atoms with E-state index >= 15 is 0 Å². The van der Waals surface area contributed by atoms with Crippen LogP contribution >= 0.6 is 11.8 Å². The van der Waals surface area contributed by atoms with Gasteiger partial charge in [0.1, 0.15) is 5.82 Å². The predicted molar refractivity (Wildman–Crippen MR) is 67.4 cm³/mol. The minimum Gasteiger partial charge on any atom is -0.478 e. The molecule has 0 aliphatic carbocycles. The van der Waals surface area contributed by atoms with Gasteiger partial charge in [0.25, 0.3) is 0 Å². The Morgan fingerprint density at radius 2 is 2.17 bits per heavy atom. The van der Waals surface area contributed by atoms with Crippen molar-refractivity contribution in [2.24, 2.45) is 0 Å². The average molecular weight is 271 g/mol. The van der Waals surface area contributed by atoms with Crippen molar-refractivity contribution in [3.05, 3.63) is 29.6 Å². The third-order valence-corrected chi connectivity index (χ3v) is 3.14. The van der Waals surface area contributed by atoms with Gasteiger partial charge in [-0.2, -0.15) is 0 Å². The smallest absolute Gasteiger partial charge is 0.338 e. The van der Waals surface area contributed by atoms with Crippen LogP contribution in [0.4, 0.5) is 4.39 Å². The quantitative estimate of drug-likeness (QED) is 0.778. The van der Waals surface area contributed by atoms with Gasteiger partial charge in [0.2, 0.25) is 5.91 Å². The lowest BCUT2D eigenvalue weighted by Crippen LogP contribution is -2.22. The highest BCUT2D eigenvalue weighted by atomic mass is 32.2. The first kappa shape index (κ1) is 14.5. The van der Waals surface area contributed by atoms with Gasteiger partial charge in [-0.05, 0) is 25.1 Å². The Balaban J connectivity index is 2.55. The van der Waals surface area contributed by atoms with Crippen LogP contribution in [0.3, 0.4) is 0 Å². The number of carbonyl (C=O) groups is 2. The molecular weight excluding hydrogens is 257 g/mol. The minimum absolute atomic E-state index is 0.0504. The van der Waals surface area contributed by atoms with Crippen molar-refractivity contribution < 1.29 is 19.1 Å². The summed E-state index contributed by atoms with van der Waals surface area (Å²) in [6.07, 6.45) is 0.346. The zero-order valence-electron chi connectivity index (χ0n) is 9.90. The Kier molecular flexibility index (Phi) is 5.64. The van der Waals surface area contributed by atoms with Gasteiger partial charge in [0, 0.05) is 23.6 Å². The SMILES string of the molecule is CCNC(=O)CCSc1ccc(F)c(C(=O)O)c1. The minimum atomic E-state index is -1.29. The van der Waals surface area contributed by atoms with E-state index in [0.29, 0.717) is 23.6 Å². The number of benzene rings is 1. The van der Waals surface area contributed by atoms with Crippen LogP contribution in [-0.4, -0.2) is 29.3 Å². The summed E-state index contributed by atoms with van der Waals surface area (Å²) in [6, 6.07) is 3.90.